The van der Waals surface area contributed by atoms with Gasteiger partial charge in [-0.15, -0.1) is 0 Å². The number of aromatic nitrogens is 2. The first kappa shape index (κ1) is 11.9. The standard InChI is InChI=1S/C12H14ClN3O/c1-3-10(17)14-12-11(13)8(2)16(15-12)9-6-4-5-7-9/h3-4,6,9H,1,5,7H2,2H3,(H,14,15,17). The summed E-state index contributed by atoms with van der Waals surface area (Å²) >= 11 is 6.14. The Morgan fingerprint density at radius 2 is 2.53 bits per heavy atom. The monoisotopic (exact) mass is 251 g/mol. The summed E-state index contributed by atoms with van der Waals surface area (Å²) in [5.74, 6) is 0.0906. The molecule has 1 amide bonds. The van der Waals surface area contributed by atoms with Crippen molar-refractivity contribution >= 4 is 23.3 Å². The summed E-state index contributed by atoms with van der Waals surface area (Å²) in [7, 11) is 0. The normalized spacial score (nSPS) is 18.4. The van der Waals surface area contributed by atoms with E-state index in [1.54, 1.807) is 0 Å². The van der Waals surface area contributed by atoms with Gasteiger partial charge in [-0.3, -0.25) is 9.48 Å². The van der Waals surface area contributed by atoms with Gasteiger partial charge in [0.2, 0.25) is 5.91 Å². The van der Waals surface area contributed by atoms with Gasteiger partial charge in [0.05, 0.1) is 11.7 Å². The Morgan fingerprint density at radius 1 is 1.76 bits per heavy atom. The molecule has 4 nitrogen and oxygen atoms in total. The lowest BCUT2D eigenvalue weighted by Gasteiger charge is -2.10. The van der Waals surface area contributed by atoms with E-state index < -0.39 is 0 Å². The minimum atomic E-state index is -0.307. The number of hydrogen-bond donors (Lipinski definition) is 1. The Labute approximate surface area is 105 Å². The van der Waals surface area contributed by atoms with E-state index in [2.05, 4.69) is 29.1 Å². The first-order valence-corrected chi connectivity index (χ1v) is 5.86. The third-order valence-electron chi connectivity index (χ3n) is 2.81. The molecule has 17 heavy (non-hydrogen) atoms. The quantitative estimate of drug-likeness (QED) is 0.663. The van der Waals surface area contributed by atoms with Crippen molar-refractivity contribution in [2.24, 2.45) is 0 Å². The molecule has 1 aliphatic carbocycles. The van der Waals surface area contributed by atoms with Crippen LogP contribution >= 0.6 is 11.6 Å². The highest BCUT2D eigenvalue weighted by molar-refractivity contribution is 6.34. The molecular formula is C12H14ClN3O. The molecule has 0 saturated heterocycles. The van der Waals surface area contributed by atoms with Crippen molar-refractivity contribution in [2.45, 2.75) is 25.8 Å². The molecule has 0 radical (unpaired) electrons. The molecule has 5 heteroatoms. The molecule has 0 aliphatic heterocycles. The Morgan fingerprint density at radius 3 is 3.12 bits per heavy atom. The second-order valence-corrected chi connectivity index (χ2v) is 4.34. The average molecular weight is 252 g/mol. The number of allylic oxidation sites excluding steroid dienone is 2. The Hall–Kier alpha value is -1.55. The van der Waals surface area contributed by atoms with Gasteiger partial charge in [0.25, 0.3) is 0 Å². The molecule has 1 aromatic heterocycles. The van der Waals surface area contributed by atoms with Crippen LogP contribution in [0.5, 0.6) is 0 Å². The van der Waals surface area contributed by atoms with Gasteiger partial charge in [0, 0.05) is 0 Å². The van der Waals surface area contributed by atoms with Gasteiger partial charge in [-0.1, -0.05) is 30.3 Å². The van der Waals surface area contributed by atoms with Crippen molar-refractivity contribution < 1.29 is 4.79 Å². The number of amides is 1. The van der Waals surface area contributed by atoms with Crippen molar-refractivity contribution in [1.29, 1.82) is 0 Å². The van der Waals surface area contributed by atoms with Crippen molar-refractivity contribution in [3.63, 3.8) is 0 Å². The summed E-state index contributed by atoms with van der Waals surface area (Å²) in [5.41, 5.74) is 0.863. The predicted octanol–water partition coefficient (Wildman–Crippen LogP) is 2.86. The van der Waals surface area contributed by atoms with Gasteiger partial charge in [-0.25, -0.2) is 0 Å². The van der Waals surface area contributed by atoms with E-state index in [9.17, 15) is 4.79 Å². The maximum absolute atomic E-state index is 11.2. The van der Waals surface area contributed by atoms with E-state index in [1.807, 2.05) is 11.6 Å². The van der Waals surface area contributed by atoms with Gasteiger partial charge in [0.1, 0.15) is 5.02 Å². The van der Waals surface area contributed by atoms with Gasteiger partial charge in [0.15, 0.2) is 5.82 Å². The van der Waals surface area contributed by atoms with Crippen molar-refractivity contribution in [3.05, 3.63) is 35.5 Å². The minimum absolute atomic E-state index is 0.238. The molecule has 1 unspecified atom stereocenters. The van der Waals surface area contributed by atoms with Gasteiger partial charge >= 0.3 is 0 Å². The van der Waals surface area contributed by atoms with Gasteiger partial charge in [-0.05, 0) is 25.8 Å². The molecule has 0 saturated carbocycles. The number of halogens is 1. The van der Waals surface area contributed by atoms with Crippen LogP contribution in [-0.4, -0.2) is 15.7 Å². The Kier molecular flexibility index (Phi) is 3.33. The fraction of sp³-hybridized carbons (Fsp3) is 0.333. The van der Waals surface area contributed by atoms with Crippen LogP contribution in [0.1, 0.15) is 24.6 Å². The number of nitrogens with zero attached hydrogens (tertiary/aromatic N) is 2. The zero-order chi connectivity index (χ0) is 12.4. The maximum Gasteiger partial charge on any atom is 0.249 e. The second-order valence-electron chi connectivity index (χ2n) is 3.96. The highest BCUT2D eigenvalue weighted by atomic mass is 35.5. The number of rotatable bonds is 3. The maximum atomic E-state index is 11.2. The molecule has 90 valence electrons. The fourth-order valence-electron chi connectivity index (χ4n) is 1.89. The molecule has 0 fully saturated rings. The highest BCUT2D eigenvalue weighted by Gasteiger charge is 2.20. The molecule has 0 aromatic carbocycles. The lowest BCUT2D eigenvalue weighted by atomic mass is 10.2. The summed E-state index contributed by atoms with van der Waals surface area (Å²) in [6.45, 7) is 5.29. The van der Waals surface area contributed by atoms with E-state index in [0.717, 1.165) is 18.5 Å². The van der Waals surface area contributed by atoms with E-state index >= 15 is 0 Å². The fourth-order valence-corrected chi connectivity index (χ4v) is 2.06. The molecule has 2 rings (SSSR count). The minimum Gasteiger partial charge on any atom is -0.304 e. The van der Waals surface area contributed by atoms with Crippen molar-refractivity contribution in [3.8, 4) is 0 Å². The highest BCUT2D eigenvalue weighted by Crippen LogP contribution is 2.31. The number of hydrogen-bond acceptors (Lipinski definition) is 2. The Balaban J connectivity index is 2.29. The van der Waals surface area contributed by atoms with Gasteiger partial charge in [-0.2, -0.15) is 5.10 Å². The van der Waals surface area contributed by atoms with Crippen molar-refractivity contribution in [1.82, 2.24) is 9.78 Å². The molecule has 1 aromatic rings. The van der Waals surface area contributed by atoms with Crippen LogP contribution in [0.4, 0.5) is 5.82 Å². The number of carbonyl (C=O) groups excluding carboxylic acids is 1. The van der Waals surface area contributed by atoms with Crippen LogP contribution in [0.15, 0.2) is 24.8 Å². The Bertz CT molecular complexity index is 490. The smallest absolute Gasteiger partial charge is 0.249 e. The van der Waals surface area contributed by atoms with E-state index in [-0.39, 0.29) is 11.9 Å². The lowest BCUT2D eigenvalue weighted by Crippen LogP contribution is -2.10. The molecule has 1 atom stereocenters. The zero-order valence-corrected chi connectivity index (χ0v) is 10.4. The summed E-state index contributed by atoms with van der Waals surface area (Å²) in [5, 5.41) is 7.42. The van der Waals surface area contributed by atoms with Crippen LogP contribution in [-0.2, 0) is 4.79 Å². The van der Waals surface area contributed by atoms with Crippen LogP contribution in [0, 0.1) is 6.92 Å². The first-order valence-electron chi connectivity index (χ1n) is 5.48. The van der Waals surface area contributed by atoms with Crippen LogP contribution in [0.3, 0.4) is 0 Å². The van der Waals surface area contributed by atoms with E-state index in [4.69, 9.17) is 11.6 Å². The van der Waals surface area contributed by atoms with Crippen LogP contribution in [0.25, 0.3) is 0 Å². The SMILES string of the molecule is C=CC(=O)Nc1nn(C2C=CCC2)c(C)c1Cl. The topological polar surface area (TPSA) is 46.9 Å². The predicted molar refractivity (Wildman–Crippen MR) is 68.2 cm³/mol. The number of carbonyl (C=O) groups is 1. The largest absolute Gasteiger partial charge is 0.304 e. The van der Waals surface area contributed by atoms with Crippen molar-refractivity contribution in [2.75, 3.05) is 5.32 Å². The first-order chi connectivity index (χ1) is 8.13. The van der Waals surface area contributed by atoms with Crippen LogP contribution < -0.4 is 5.32 Å². The molecule has 0 bridgehead atoms. The van der Waals surface area contributed by atoms with Crippen LogP contribution in [0.2, 0.25) is 5.02 Å². The lowest BCUT2D eigenvalue weighted by molar-refractivity contribution is -0.111. The second kappa shape index (κ2) is 4.75. The molecule has 1 heterocycles. The number of anilines is 1. The molecule has 1 aliphatic rings. The van der Waals surface area contributed by atoms with E-state index in [0.29, 0.717) is 10.8 Å². The van der Waals surface area contributed by atoms with Gasteiger partial charge < -0.3 is 5.32 Å². The summed E-state index contributed by atoms with van der Waals surface area (Å²) in [6.07, 6.45) is 7.50. The average Bonchev–Trinajstić information content (AvgIpc) is 2.92. The van der Waals surface area contributed by atoms with E-state index in [1.165, 1.54) is 6.08 Å². The molecule has 0 spiro atoms. The summed E-state index contributed by atoms with van der Waals surface area (Å²) in [6, 6.07) is 0.238. The molecule has 1 N–H and O–H groups in total. The third-order valence-corrected chi connectivity index (χ3v) is 3.26. The molecular weight excluding hydrogens is 238 g/mol. The summed E-state index contributed by atoms with van der Waals surface area (Å²) < 4.78 is 1.85. The summed E-state index contributed by atoms with van der Waals surface area (Å²) in [4.78, 5) is 11.2. The third kappa shape index (κ3) is 2.26. The number of nitrogens with one attached hydrogen (secondary N) is 1. The zero-order valence-electron chi connectivity index (χ0n) is 9.61.